The second-order valence-electron chi connectivity index (χ2n) is 4.16. The average molecular weight is 240 g/mol. The summed E-state index contributed by atoms with van der Waals surface area (Å²) in [6.07, 6.45) is 0.274. The number of nitrogens with zero attached hydrogens (tertiary/aromatic N) is 1. The van der Waals surface area contributed by atoms with E-state index in [2.05, 4.69) is 0 Å². The van der Waals surface area contributed by atoms with Gasteiger partial charge in [0.15, 0.2) is 0 Å². The van der Waals surface area contributed by atoms with Gasteiger partial charge < -0.3 is 10.0 Å². The van der Waals surface area contributed by atoms with Crippen molar-refractivity contribution >= 4 is 17.5 Å². The molecule has 1 aliphatic rings. The van der Waals surface area contributed by atoms with Gasteiger partial charge in [-0.3, -0.25) is 4.79 Å². The molecule has 16 heavy (non-hydrogen) atoms. The normalized spacial score (nSPS) is 20.2. The van der Waals surface area contributed by atoms with Crippen molar-refractivity contribution in [2.24, 2.45) is 0 Å². The summed E-state index contributed by atoms with van der Waals surface area (Å²) in [6.45, 7) is 2.94. The van der Waals surface area contributed by atoms with Crippen molar-refractivity contribution in [1.82, 2.24) is 4.90 Å². The fourth-order valence-corrected chi connectivity index (χ4v) is 2.02. The van der Waals surface area contributed by atoms with Crippen LogP contribution >= 0.6 is 11.6 Å². The van der Waals surface area contributed by atoms with Crippen LogP contribution in [0.4, 0.5) is 0 Å². The monoisotopic (exact) mass is 239 g/mol. The second-order valence-corrected chi connectivity index (χ2v) is 4.56. The van der Waals surface area contributed by atoms with E-state index in [1.165, 1.54) is 0 Å². The zero-order valence-electron chi connectivity index (χ0n) is 9.11. The van der Waals surface area contributed by atoms with Crippen LogP contribution in [0.2, 0.25) is 5.02 Å². The number of β-amino-alcohol motifs (C(OH)–C–C–N with tert-alkyl or cyclic N) is 1. The Hall–Kier alpha value is -1.06. The summed E-state index contributed by atoms with van der Waals surface area (Å²) in [7, 11) is 0. The maximum atomic E-state index is 12.0. The maximum Gasteiger partial charge on any atom is 0.253 e. The Morgan fingerprint density at radius 3 is 2.88 bits per heavy atom. The molecule has 1 N–H and O–H groups in total. The Bertz CT molecular complexity index is 419. The molecule has 0 radical (unpaired) electrons. The largest absolute Gasteiger partial charge is 0.391 e. The maximum absolute atomic E-state index is 12.0. The van der Waals surface area contributed by atoms with Gasteiger partial charge in [-0.15, -0.1) is 0 Å². The van der Waals surface area contributed by atoms with Crippen LogP contribution in [0.25, 0.3) is 0 Å². The highest BCUT2D eigenvalue weighted by atomic mass is 35.5. The Labute approximate surface area is 99.6 Å². The van der Waals surface area contributed by atoms with Crippen LogP contribution in [0.5, 0.6) is 0 Å². The lowest BCUT2D eigenvalue weighted by Crippen LogP contribution is -2.29. The van der Waals surface area contributed by atoms with Crippen molar-refractivity contribution in [2.45, 2.75) is 19.4 Å². The van der Waals surface area contributed by atoms with E-state index in [1.807, 2.05) is 13.0 Å². The summed E-state index contributed by atoms with van der Waals surface area (Å²) < 4.78 is 0. The van der Waals surface area contributed by atoms with Gasteiger partial charge in [0.2, 0.25) is 0 Å². The Morgan fingerprint density at radius 1 is 1.56 bits per heavy atom. The number of aliphatic hydroxyl groups is 1. The molecule has 0 aliphatic carbocycles. The SMILES string of the molecule is Cc1ccc(C(=O)N2CC[C@@H](O)C2)cc1Cl. The van der Waals surface area contributed by atoms with E-state index >= 15 is 0 Å². The highest BCUT2D eigenvalue weighted by Crippen LogP contribution is 2.19. The van der Waals surface area contributed by atoms with Gasteiger partial charge in [0.25, 0.3) is 5.91 Å². The van der Waals surface area contributed by atoms with Crippen molar-refractivity contribution in [1.29, 1.82) is 0 Å². The van der Waals surface area contributed by atoms with Gasteiger partial charge in [0.1, 0.15) is 0 Å². The van der Waals surface area contributed by atoms with Crippen LogP contribution in [0.15, 0.2) is 18.2 Å². The van der Waals surface area contributed by atoms with E-state index in [-0.39, 0.29) is 12.0 Å². The third-order valence-electron chi connectivity index (χ3n) is 2.87. The third-order valence-corrected chi connectivity index (χ3v) is 3.28. The number of amides is 1. The molecular formula is C12H14ClNO2. The molecule has 1 aliphatic heterocycles. The molecular weight excluding hydrogens is 226 g/mol. The van der Waals surface area contributed by atoms with E-state index < -0.39 is 0 Å². The van der Waals surface area contributed by atoms with Crippen molar-refractivity contribution < 1.29 is 9.90 Å². The van der Waals surface area contributed by atoms with Crippen LogP contribution in [0.3, 0.4) is 0 Å². The summed E-state index contributed by atoms with van der Waals surface area (Å²) in [5.41, 5.74) is 1.55. The predicted molar refractivity (Wildman–Crippen MR) is 62.7 cm³/mol. The minimum atomic E-state index is -0.384. The first-order valence-corrected chi connectivity index (χ1v) is 5.69. The summed E-state index contributed by atoms with van der Waals surface area (Å²) in [4.78, 5) is 13.7. The topological polar surface area (TPSA) is 40.5 Å². The summed E-state index contributed by atoms with van der Waals surface area (Å²) >= 11 is 5.97. The Kier molecular flexibility index (Phi) is 3.17. The highest BCUT2D eigenvalue weighted by molar-refractivity contribution is 6.31. The molecule has 86 valence electrons. The number of aliphatic hydroxyl groups excluding tert-OH is 1. The molecule has 0 saturated carbocycles. The molecule has 1 aromatic rings. The van der Waals surface area contributed by atoms with E-state index in [4.69, 9.17) is 11.6 Å². The van der Waals surface area contributed by atoms with Gasteiger partial charge in [0.05, 0.1) is 6.10 Å². The van der Waals surface area contributed by atoms with E-state index in [9.17, 15) is 9.90 Å². The number of halogens is 1. The minimum absolute atomic E-state index is 0.0570. The lowest BCUT2D eigenvalue weighted by atomic mass is 10.1. The first kappa shape index (κ1) is 11.4. The number of hydrogen-bond donors (Lipinski definition) is 1. The van der Waals surface area contributed by atoms with Gasteiger partial charge in [-0.2, -0.15) is 0 Å². The van der Waals surface area contributed by atoms with Gasteiger partial charge in [-0.1, -0.05) is 17.7 Å². The molecule has 1 amide bonds. The van der Waals surface area contributed by atoms with Gasteiger partial charge in [0, 0.05) is 23.7 Å². The molecule has 1 heterocycles. The molecule has 4 heteroatoms. The first-order chi connectivity index (χ1) is 7.58. The van der Waals surface area contributed by atoms with Crippen LogP contribution in [0.1, 0.15) is 22.3 Å². The Balaban J connectivity index is 2.18. The molecule has 0 spiro atoms. The molecule has 1 saturated heterocycles. The summed E-state index contributed by atoms with van der Waals surface area (Å²) in [5, 5.41) is 9.98. The van der Waals surface area contributed by atoms with Crippen molar-refractivity contribution in [3.63, 3.8) is 0 Å². The molecule has 1 atom stereocenters. The fraction of sp³-hybridized carbons (Fsp3) is 0.417. The van der Waals surface area contributed by atoms with Crippen LogP contribution < -0.4 is 0 Å². The second kappa shape index (κ2) is 4.44. The number of benzene rings is 1. The van der Waals surface area contributed by atoms with E-state index in [0.717, 1.165) is 5.56 Å². The molecule has 0 unspecified atom stereocenters. The van der Waals surface area contributed by atoms with E-state index in [1.54, 1.807) is 17.0 Å². The molecule has 0 bridgehead atoms. The number of likely N-dealkylation sites (tertiary alicyclic amines) is 1. The zero-order chi connectivity index (χ0) is 11.7. The molecule has 3 nitrogen and oxygen atoms in total. The molecule has 2 rings (SSSR count). The van der Waals surface area contributed by atoms with Gasteiger partial charge in [-0.05, 0) is 31.0 Å². The predicted octanol–water partition coefficient (Wildman–Crippen LogP) is 1.86. The van der Waals surface area contributed by atoms with Crippen LogP contribution in [-0.2, 0) is 0 Å². The van der Waals surface area contributed by atoms with Gasteiger partial charge >= 0.3 is 0 Å². The number of rotatable bonds is 1. The third kappa shape index (κ3) is 2.20. The van der Waals surface area contributed by atoms with Gasteiger partial charge in [-0.25, -0.2) is 0 Å². The minimum Gasteiger partial charge on any atom is -0.391 e. The molecule has 0 aromatic heterocycles. The average Bonchev–Trinajstić information content (AvgIpc) is 2.68. The number of hydrogen-bond acceptors (Lipinski definition) is 2. The number of carbonyl (C=O) groups is 1. The quantitative estimate of drug-likeness (QED) is 0.813. The van der Waals surface area contributed by atoms with Crippen molar-refractivity contribution in [3.8, 4) is 0 Å². The summed E-state index contributed by atoms with van der Waals surface area (Å²) in [6, 6.07) is 5.29. The molecule has 1 fully saturated rings. The fourth-order valence-electron chi connectivity index (χ4n) is 1.83. The Morgan fingerprint density at radius 2 is 2.31 bits per heavy atom. The van der Waals surface area contributed by atoms with Crippen LogP contribution in [0, 0.1) is 6.92 Å². The smallest absolute Gasteiger partial charge is 0.253 e. The van der Waals surface area contributed by atoms with Crippen molar-refractivity contribution in [3.05, 3.63) is 34.3 Å². The molecule has 1 aromatic carbocycles. The zero-order valence-corrected chi connectivity index (χ0v) is 9.87. The first-order valence-electron chi connectivity index (χ1n) is 5.31. The van der Waals surface area contributed by atoms with Crippen molar-refractivity contribution in [2.75, 3.05) is 13.1 Å². The lowest BCUT2D eigenvalue weighted by molar-refractivity contribution is 0.0765. The van der Waals surface area contributed by atoms with Crippen LogP contribution in [-0.4, -0.2) is 35.1 Å². The number of carbonyl (C=O) groups excluding carboxylic acids is 1. The standard InChI is InChI=1S/C12H14ClNO2/c1-8-2-3-9(6-11(8)13)12(16)14-5-4-10(15)7-14/h2-3,6,10,15H,4-5,7H2,1H3/t10-/m1/s1. The lowest BCUT2D eigenvalue weighted by Gasteiger charge is -2.15. The highest BCUT2D eigenvalue weighted by Gasteiger charge is 2.25. The van der Waals surface area contributed by atoms with E-state index in [0.29, 0.717) is 30.1 Å². The summed E-state index contributed by atoms with van der Waals surface area (Å²) in [5.74, 6) is -0.0570. The number of aryl methyl sites for hydroxylation is 1.